The molecule has 7 nitrogen and oxygen atoms in total. The Bertz CT molecular complexity index is 1220. The molecule has 0 aliphatic heterocycles. The van der Waals surface area contributed by atoms with Gasteiger partial charge in [0.05, 0.1) is 22.0 Å². The van der Waals surface area contributed by atoms with Gasteiger partial charge in [-0.3, -0.25) is 9.59 Å². The quantitative estimate of drug-likeness (QED) is 0.175. The fourth-order valence-corrected chi connectivity index (χ4v) is 2.98. The fourth-order valence-electron chi connectivity index (χ4n) is 2.64. The third kappa shape index (κ3) is 6.65. The normalized spacial score (nSPS) is 11.0. The zero-order valence-corrected chi connectivity index (χ0v) is 19.2. The topological polar surface area (TPSA) is 96.9 Å². The molecule has 168 valence electrons. The Morgan fingerprint density at radius 1 is 0.848 bits per heavy atom. The Labute approximate surface area is 200 Å². The van der Waals surface area contributed by atoms with E-state index in [1.165, 1.54) is 12.1 Å². The van der Waals surface area contributed by atoms with Crippen LogP contribution in [0.2, 0.25) is 10.0 Å². The molecule has 0 heterocycles. The van der Waals surface area contributed by atoms with E-state index in [1.807, 2.05) is 19.1 Å². The summed E-state index contributed by atoms with van der Waals surface area (Å²) in [5.41, 5.74) is 4.98. The number of anilines is 1. The van der Waals surface area contributed by atoms with E-state index in [1.54, 1.807) is 49.4 Å². The molecule has 3 rings (SSSR count). The van der Waals surface area contributed by atoms with Gasteiger partial charge >= 0.3 is 17.8 Å². The Morgan fingerprint density at radius 3 is 2.15 bits per heavy atom. The van der Waals surface area contributed by atoms with Gasteiger partial charge in [0, 0.05) is 5.02 Å². The lowest BCUT2D eigenvalue weighted by molar-refractivity contribution is -0.136. The molecule has 0 bridgehead atoms. The second-order valence-electron chi connectivity index (χ2n) is 7.00. The molecule has 9 heteroatoms. The molecule has 3 aromatic carbocycles. The van der Waals surface area contributed by atoms with Crippen molar-refractivity contribution in [2.24, 2.45) is 5.10 Å². The highest BCUT2D eigenvalue weighted by Crippen LogP contribution is 2.25. The van der Waals surface area contributed by atoms with Crippen molar-refractivity contribution in [1.29, 1.82) is 0 Å². The number of hydrazone groups is 1. The summed E-state index contributed by atoms with van der Waals surface area (Å²) in [4.78, 5) is 36.3. The highest BCUT2D eigenvalue weighted by Gasteiger charge is 2.15. The van der Waals surface area contributed by atoms with Crippen LogP contribution in [0.5, 0.6) is 5.75 Å². The smallest absolute Gasteiger partial charge is 0.343 e. The van der Waals surface area contributed by atoms with Gasteiger partial charge in [0.1, 0.15) is 5.75 Å². The van der Waals surface area contributed by atoms with E-state index in [0.29, 0.717) is 27.6 Å². The number of halogens is 2. The fraction of sp³-hybridized carbons (Fsp3) is 0.0833. The van der Waals surface area contributed by atoms with Crippen LogP contribution in [0.15, 0.2) is 71.8 Å². The number of aryl methyl sites for hydroxylation is 1. The van der Waals surface area contributed by atoms with Crippen molar-refractivity contribution in [3.05, 3.63) is 93.5 Å². The van der Waals surface area contributed by atoms with Crippen LogP contribution in [0.4, 0.5) is 5.69 Å². The number of nitrogens with zero attached hydrogens (tertiary/aromatic N) is 1. The summed E-state index contributed by atoms with van der Waals surface area (Å²) in [6, 6.07) is 18.1. The predicted molar refractivity (Wildman–Crippen MR) is 128 cm³/mol. The van der Waals surface area contributed by atoms with E-state index in [2.05, 4.69) is 15.8 Å². The van der Waals surface area contributed by atoms with E-state index in [9.17, 15) is 14.4 Å². The first-order valence-corrected chi connectivity index (χ1v) is 10.5. The average Bonchev–Trinajstić information content (AvgIpc) is 2.80. The van der Waals surface area contributed by atoms with Gasteiger partial charge in [-0.2, -0.15) is 5.10 Å². The summed E-state index contributed by atoms with van der Waals surface area (Å²) in [6.07, 6.45) is 0. The molecule has 0 fully saturated rings. The van der Waals surface area contributed by atoms with Crippen LogP contribution in [0.3, 0.4) is 0 Å². The molecule has 0 aliphatic carbocycles. The van der Waals surface area contributed by atoms with Crippen molar-refractivity contribution >= 4 is 52.4 Å². The molecule has 0 saturated heterocycles. The number of carbonyl (C=O) groups is 3. The standard InChI is InChI=1S/C24H19Cl2N3O4/c1-14-3-5-17(6-4-14)24(32)33-19-10-7-16(8-11-19)15(2)28-29-23(31)22(30)27-21-13-18(25)9-12-20(21)26/h3-13H,1-2H3,(H,27,30)(H,29,31)/b28-15+. The van der Waals surface area contributed by atoms with Gasteiger partial charge in [0.15, 0.2) is 0 Å². The van der Waals surface area contributed by atoms with Crippen LogP contribution in [0.1, 0.15) is 28.4 Å². The molecule has 0 atom stereocenters. The minimum absolute atomic E-state index is 0.209. The lowest BCUT2D eigenvalue weighted by atomic mass is 10.1. The zero-order valence-electron chi connectivity index (χ0n) is 17.7. The monoisotopic (exact) mass is 483 g/mol. The van der Waals surface area contributed by atoms with Gasteiger partial charge in [-0.15, -0.1) is 0 Å². The lowest BCUT2D eigenvalue weighted by Crippen LogP contribution is -2.33. The molecular formula is C24H19Cl2N3O4. The van der Waals surface area contributed by atoms with Crippen LogP contribution in [-0.4, -0.2) is 23.5 Å². The maximum Gasteiger partial charge on any atom is 0.343 e. The maximum absolute atomic E-state index is 12.2. The minimum Gasteiger partial charge on any atom is -0.423 e. The molecule has 0 aromatic heterocycles. The third-order valence-electron chi connectivity index (χ3n) is 4.48. The highest BCUT2D eigenvalue weighted by molar-refractivity contribution is 6.42. The Hall–Kier alpha value is -3.68. The first-order chi connectivity index (χ1) is 15.7. The molecule has 0 spiro atoms. The van der Waals surface area contributed by atoms with Crippen LogP contribution in [0.25, 0.3) is 0 Å². The molecule has 0 saturated carbocycles. The third-order valence-corrected chi connectivity index (χ3v) is 5.04. The highest BCUT2D eigenvalue weighted by atomic mass is 35.5. The van der Waals surface area contributed by atoms with Crippen molar-refractivity contribution in [2.45, 2.75) is 13.8 Å². The summed E-state index contributed by atoms with van der Waals surface area (Å²) in [7, 11) is 0. The van der Waals surface area contributed by atoms with Crippen molar-refractivity contribution in [2.75, 3.05) is 5.32 Å². The Morgan fingerprint density at radius 2 is 1.48 bits per heavy atom. The molecule has 2 amide bonds. The zero-order chi connectivity index (χ0) is 24.0. The van der Waals surface area contributed by atoms with Crippen molar-refractivity contribution in [1.82, 2.24) is 5.43 Å². The number of hydrogen-bond acceptors (Lipinski definition) is 5. The average molecular weight is 484 g/mol. The van der Waals surface area contributed by atoms with E-state index in [-0.39, 0.29) is 10.7 Å². The van der Waals surface area contributed by atoms with Gasteiger partial charge < -0.3 is 10.1 Å². The van der Waals surface area contributed by atoms with Crippen molar-refractivity contribution in [3.63, 3.8) is 0 Å². The predicted octanol–water partition coefficient (Wildman–Crippen LogP) is 5.00. The van der Waals surface area contributed by atoms with E-state index in [4.69, 9.17) is 27.9 Å². The first-order valence-electron chi connectivity index (χ1n) is 9.73. The van der Waals surface area contributed by atoms with E-state index >= 15 is 0 Å². The number of ether oxygens (including phenoxy) is 1. The maximum atomic E-state index is 12.2. The summed E-state index contributed by atoms with van der Waals surface area (Å²) in [5.74, 6) is -2.03. The summed E-state index contributed by atoms with van der Waals surface area (Å²) < 4.78 is 5.36. The van der Waals surface area contributed by atoms with E-state index in [0.717, 1.165) is 5.56 Å². The van der Waals surface area contributed by atoms with E-state index < -0.39 is 17.8 Å². The molecule has 3 aromatic rings. The van der Waals surface area contributed by atoms with Crippen LogP contribution in [0, 0.1) is 6.92 Å². The number of rotatable bonds is 5. The van der Waals surface area contributed by atoms with Crippen LogP contribution < -0.4 is 15.5 Å². The van der Waals surface area contributed by atoms with Crippen LogP contribution in [-0.2, 0) is 9.59 Å². The Balaban J connectivity index is 1.58. The van der Waals surface area contributed by atoms with Gasteiger partial charge in [-0.1, -0.05) is 40.9 Å². The first kappa shape index (κ1) is 24.0. The summed E-state index contributed by atoms with van der Waals surface area (Å²) in [5, 5.41) is 6.90. The van der Waals surface area contributed by atoms with Crippen molar-refractivity contribution in [3.8, 4) is 5.75 Å². The summed E-state index contributed by atoms with van der Waals surface area (Å²) in [6.45, 7) is 3.58. The van der Waals surface area contributed by atoms with Gasteiger partial charge in [0.2, 0.25) is 0 Å². The minimum atomic E-state index is -0.978. The summed E-state index contributed by atoms with van der Waals surface area (Å²) >= 11 is 11.8. The molecule has 0 aliphatic rings. The molecular weight excluding hydrogens is 465 g/mol. The van der Waals surface area contributed by atoms with Gasteiger partial charge in [-0.05, 0) is 74.0 Å². The molecule has 33 heavy (non-hydrogen) atoms. The second-order valence-corrected chi connectivity index (χ2v) is 7.84. The number of hydrogen-bond donors (Lipinski definition) is 2. The molecule has 0 radical (unpaired) electrons. The number of benzene rings is 3. The largest absolute Gasteiger partial charge is 0.423 e. The SMILES string of the molecule is C/C(=N\NC(=O)C(=O)Nc1cc(Cl)ccc1Cl)c1ccc(OC(=O)c2ccc(C)cc2)cc1. The van der Waals surface area contributed by atoms with Crippen LogP contribution >= 0.6 is 23.2 Å². The number of carbonyl (C=O) groups excluding carboxylic acids is 3. The number of nitrogens with one attached hydrogen (secondary N) is 2. The second kappa shape index (κ2) is 10.8. The molecule has 0 unspecified atom stereocenters. The number of amides is 2. The van der Waals surface area contributed by atoms with Gasteiger partial charge in [-0.25, -0.2) is 10.2 Å². The van der Waals surface area contributed by atoms with Gasteiger partial charge in [0.25, 0.3) is 0 Å². The molecule has 2 N–H and O–H groups in total. The number of esters is 1. The Kier molecular flexibility index (Phi) is 7.82. The van der Waals surface area contributed by atoms with Crippen molar-refractivity contribution < 1.29 is 19.1 Å². The lowest BCUT2D eigenvalue weighted by Gasteiger charge is -2.08.